The molecule has 2 aliphatic rings. The molecule has 1 aliphatic heterocycles. The minimum Gasteiger partial charge on any atom is -0.351 e. The van der Waals surface area contributed by atoms with Crippen molar-refractivity contribution in [1.29, 1.82) is 0 Å². The van der Waals surface area contributed by atoms with Crippen molar-refractivity contribution in [1.82, 2.24) is 15.1 Å². The number of hydrogen-bond acceptors (Lipinski definition) is 4. The molecule has 2 aromatic rings. The summed E-state index contributed by atoms with van der Waals surface area (Å²) in [4.78, 5) is 17.9. The number of amides is 1. The second-order valence-electron chi connectivity index (χ2n) is 8.09. The maximum absolute atomic E-state index is 12.5. The van der Waals surface area contributed by atoms with Crippen molar-refractivity contribution in [2.45, 2.75) is 11.4 Å². The van der Waals surface area contributed by atoms with Gasteiger partial charge in [0, 0.05) is 44.1 Å². The Balaban J connectivity index is 1.30. The van der Waals surface area contributed by atoms with Crippen molar-refractivity contribution in [3.8, 4) is 0 Å². The number of nitrogens with one attached hydrogen (secondary N) is 1. The van der Waals surface area contributed by atoms with Gasteiger partial charge in [0.1, 0.15) is 0 Å². The molecule has 6 heteroatoms. The Morgan fingerprint density at radius 3 is 2.19 bits per heavy atom. The number of piperazine rings is 1. The van der Waals surface area contributed by atoms with Crippen LogP contribution < -0.4 is 5.32 Å². The number of rotatable bonds is 7. The Morgan fingerprint density at radius 2 is 1.59 bits per heavy atom. The minimum absolute atomic E-state index is 0.142. The zero-order chi connectivity index (χ0) is 22.3. The summed E-state index contributed by atoms with van der Waals surface area (Å²) in [5, 5.41) is 2.61. The van der Waals surface area contributed by atoms with Gasteiger partial charge < -0.3 is 5.32 Å². The van der Waals surface area contributed by atoms with E-state index in [4.69, 9.17) is 23.8 Å². The van der Waals surface area contributed by atoms with Crippen molar-refractivity contribution in [3.63, 3.8) is 0 Å². The largest absolute Gasteiger partial charge is 0.351 e. The van der Waals surface area contributed by atoms with E-state index in [0.29, 0.717) is 17.0 Å². The SMILES string of the molecule is O=C(NCCN1CCN(C(c2ccccc2)c2ccccc2)CC1)C1=CC=CC(Cl)C1=S. The molecule has 1 aliphatic carbocycles. The lowest BCUT2D eigenvalue weighted by atomic mass is 9.96. The molecule has 4 rings (SSSR count). The predicted molar refractivity (Wildman–Crippen MR) is 135 cm³/mol. The van der Waals surface area contributed by atoms with Crippen LogP contribution in [0.1, 0.15) is 17.2 Å². The van der Waals surface area contributed by atoms with Gasteiger partial charge in [0.25, 0.3) is 5.91 Å². The molecular formula is C26H28ClN3OS. The third-order valence-electron chi connectivity index (χ3n) is 6.02. The maximum atomic E-state index is 12.5. The Bertz CT molecular complexity index is 945. The molecule has 0 spiro atoms. The quantitative estimate of drug-likeness (QED) is 0.495. The summed E-state index contributed by atoms with van der Waals surface area (Å²) in [5.41, 5.74) is 3.14. The summed E-state index contributed by atoms with van der Waals surface area (Å²) in [5.74, 6) is -0.142. The van der Waals surface area contributed by atoms with Crippen molar-refractivity contribution in [2.75, 3.05) is 39.3 Å². The fourth-order valence-electron chi connectivity index (χ4n) is 4.31. The molecule has 166 valence electrons. The molecular weight excluding hydrogens is 438 g/mol. The van der Waals surface area contributed by atoms with Gasteiger partial charge in [-0.25, -0.2) is 0 Å². The monoisotopic (exact) mass is 465 g/mol. The van der Waals surface area contributed by atoms with Crippen LogP contribution in [0.5, 0.6) is 0 Å². The first-order valence-corrected chi connectivity index (χ1v) is 11.9. The van der Waals surface area contributed by atoms with E-state index in [1.54, 1.807) is 18.2 Å². The van der Waals surface area contributed by atoms with Crippen molar-refractivity contribution >= 4 is 34.6 Å². The smallest absolute Gasteiger partial charge is 0.252 e. The number of carbonyl (C=O) groups is 1. The van der Waals surface area contributed by atoms with Gasteiger partial charge in [-0.1, -0.05) is 85.0 Å². The van der Waals surface area contributed by atoms with E-state index in [-0.39, 0.29) is 17.3 Å². The first-order chi connectivity index (χ1) is 15.6. The van der Waals surface area contributed by atoms with Crippen LogP contribution in [0.4, 0.5) is 0 Å². The molecule has 1 fully saturated rings. The molecule has 4 nitrogen and oxygen atoms in total. The van der Waals surface area contributed by atoms with Crippen LogP contribution in [0, 0.1) is 0 Å². The highest BCUT2D eigenvalue weighted by Crippen LogP contribution is 2.29. The molecule has 0 radical (unpaired) electrons. The summed E-state index contributed by atoms with van der Waals surface area (Å²) < 4.78 is 0. The molecule has 1 N–H and O–H groups in total. The highest BCUT2D eigenvalue weighted by Gasteiger charge is 2.26. The van der Waals surface area contributed by atoms with Crippen molar-refractivity contribution < 1.29 is 4.79 Å². The number of halogens is 1. The Morgan fingerprint density at radius 1 is 1.00 bits per heavy atom. The van der Waals surface area contributed by atoms with E-state index in [2.05, 4.69) is 75.8 Å². The number of thiocarbonyl (C=S) groups is 1. The number of alkyl halides is 1. The maximum Gasteiger partial charge on any atom is 0.252 e. The molecule has 0 aromatic heterocycles. The van der Waals surface area contributed by atoms with Gasteiger partial charge in [0.2, 0.25) is 0 Å². The average Bonchev–Trinajstić information content (AvgIpc) is 2.83. The van der Waals surface area contributed by atoms with E-state index in [0.717, 1.165) is 32.7 Å². The normalized spacial score (nSPS) is 19.8. The summed E-state index contributed by atoms with van der Waals surface area (Å²) in [6.45, 7) is 5.32. The summed E-state index contributed by atoms with van der Waals surface area (Å²) in [7, 11) is 0. The lowest BCUT2D eigenvalue weighted by molar-refractivity contribution is -0.117. The second-order valence-corrected chi connectivity index (χ2v) is 9.00. The van der Waals surface area contributed by atoms with Crippen LogP contribution in [0.15, 0.2) is 84.5 Å². The average molecular weight is 466 g/mol. The summed E-state index contributed by atoms with van der Waals surface area (Å²) in [6, 6.07) is 21.7. The van der Waals surface area contributed by atoms with Gasteiger partial charge >= 0.3 is 0 Å². The molecule has 1 saturated heterocycles. The standard InChI is InChI=1S/C26H28ClN3OS/c27-23-13-7-12-22(25(23)32)26(31)28-14-15-29-16-18-30(19-17-29)24(20-8-3-1-4-9-20)21-10-5-2-6-11-21/h1-13,23-24H,14-19H2,(H,28,31). The first-order valence-electron chi connectivity index (χ1n) is 11.0. The van der Waals surface area contributed by atoms with Crippen LogP contribution in [0.2, 0.25) is 0 Å². The topological polar surface area (TPSA) is 35.6 Å². The second kappa shape index (κ2) is 11.0. The third kappa shape index (κ3) is 5.54. The molecule has 1 atom stereocenters. The zero-order valence-corrected chi connectivity index (χ0v) is 19.6. The molecule has 1 unspecified atom stereocenters. The van der Waals surface area contributed by atoms with Crippen molar-refractivity contribution in [3.05, 3.63) is 95.6 Å². The fraction of sp³-hybridized carbons (Fsp3) is 0.308. The molecule has 1 heterocycles. The van der Waals surface area contributed by atoms with Gasteiger partial charge in [0.05, 0.1) is 17.0 Å². The van der Waals surface area contributed by atoms with Crippen LogP contribution in [0.3, 0.4) is 0 Å². The Kier molecular flexibility index (Phi) is 7.87. The number of nitrogens with zero attached hydrogens (tertiary/aromatic N) is 2. The van der Waals surface area contributed by atoms with Crippen molar-refractivity contribution in [2.24, 2.45) is 0 Å². The number of carbonyl (C=O) groups excluding carboxylic acids is 1. The molecule has 2 aromatic carbocycles. The minimum atomic E-state index is -0.383. The molecule has 1 amide bonds. The van der Waals surface area contributed by atoms with Gasteiger partial charge in [0.15, 0.2) is 0 Å². The number of allylic oxidation sites excluding steroid dienone is 3. The van der Waals surface area contributed by atoms with Crippen LogP contribution in [-0.2, 0) is 4.79 Å². The van der Waals surface area contributed by atoms with E-state index in [1.165, 1.54) is 11.1 Å². The molecule has 0 saturated carbocycles. The van der Waals surface area contributed by atoms with Crippen LogP contribution >= 0.6 is 23.8 Å². The van der Waals surface area contributed by atoms with E-state index in [9.17, 15) is 4.79 Å². The lowest BCUT2D eigenvalue weighted by Gasteiger charge is -2.39. The van der Waals surface area contributed by atoms with Gasteiger partial charge in [-0.05, 0) is 17.2 Å². The zero-order valence-electron chi connectivity index (χ0n) is 18.0. The lowest BCUT2D eigenvalue weighted by Crippen LogP contribution is -2.49. The van der Waals surface area contributed by atoms with Gasteiger partial charge in [-0.15, -0.1) is 11.6 Å². The first kappa shape index (κ1) is 22.9. The van der Waals surface area contributed by atoms with E-state index < -0.39 is 0 Å². The van der Waals surface area contributed by atoms with E-state index in [1.807, 2.05) is 0 Å². The highest BCUT2D eigenvalue weighted by atomic mass is 35.5. The molecule has 0 bridgehead atoms. The predicted octanol–water partition coefficient (Wildman–Crippen LogP) is 3.98. The van der Waals surface area contributed by atoms with E-state index >= 15 is 0 Å². The number of benzene rings is 2. The third-order valence-corrected chi connectivity index (χ3v) is 6.99. The fourth-order valence-corrected chi connectivity index (χ4v) is 4.75. The Hall–Kier alpha value is -2.31. The summed E-state index contributed by atoms with van der Waals surface area (Å²) >= 11 is 11.4. The number of hydrogen-bond donors (Lipinski definition) is 1. The van der Waals surface area contributed by atoms with Crippen LogP contribution in [-0.4, -0.2) is 65.2 Å². The Labute approximate surface area is 200 Å². The van der Waals surface area contributed by atoms with Crippen LogP contribution in [0.25, 0.3) is 0 Å². The summed E-state index contributed by atoms with van der Waals surface area (Å²) in [6.07, 6.45) is 5.32. The molecule has 32 heavy (non-hydrogen) atoms. The van der Waals surface area contributed by atoms with Gasteiger partial charge in [-0.2, -0.15) is 0 Å². The van der Waals surface area contributed by atoms with Gasteiger partial charge in [-0.3, -0.25) is 14.6 Å². The highest BCUT2D eigenvalue weighted by molar-refractivity contribution is 7.81.